The fraction of sp³-hybridized carbons (Fsp3) is 0.214. The predicted octanol–water partition coefficient (Wildman–Crippen LogP) is 1.85. The lowest BCUT2D eigenvalue weighted by Crippen LogP contribution is -2.27. The molecule has 1 unspecified atom stereocenters. The van der Waals surface area contributed by atoms with E-state index in [-0.39, 0.29) is 11.7 Å². The van der Waals surface area contributed by atoms with Crippen molar-refractivity contribution in [3.05, 3.63) is 48.3 Å². The van der Waals surface area contributed by atoms with Crippen LogP contribution >= 0.6 is 0 Å². The number of hydrogen-bond acceptors (Lipinski definition) is 5. The third-order valence-corrected chi connectivity index (χ3v) is 4.66. The summed E-state index contributed by atoms with van der Waals surface area (Å²) in [5.41, 5.74) is 0.654. The normalized spacial score (nSPS) is 14.9. The molecule has 1 aromatic carbocycles. The van der Waals surface area contributed by atoms with E-state index >= 15 is 0 Å². The average molecular weight is 306 g/mol. The Hall–Kier alpha value is -2.12. The van der Waals surface area contributed by atoms with E-state index in [1.165, 1.54) is 12.1 Å². The number of hydrogen-bond donors (Lipinski definition) is 1. The number of nitrogens with one attached hydrogen (secondary N) is 1. The van der Waals surface area contributed by atoms with Gasteiger partial charge in [0.25, 0.3) is 0 Å². The highest BCUT2D eigenvalue weighted by Gasteiger charge is 2.22. The van der Waals surface area contributed by atoms with Gasteiger partial charge >= 0.3 is 0 Å². The maximum Gasteiger partial charge on any atom is 0.241 e. The van der Waals surface area contributed by atoms with Crippen molar-refractivity contribution in [2.24, 2.45) is 0 Å². The standard InChI is InChI=1S/C14H14N2O4S/c1-10(12-4-2-3-7-15-12)16-21(17,18)11-5-6-13-14(8-11)20-9-19-13/h2-8,10,16H,9H2,1H3. The number of ether oxygens (including phenoxy) is 2. The number of benzene rings is 1. The van der Waals surface area contributed by atoms with Crippen molar-refractivity contribution in [2.75, 3.05) is 6.79 Å². The second-order valence-corrected chi connectivity index (χ2v) is 6.33. The molecule has 0 saturated heterocycles. The smallest absolute Gasteiger partial charge is 0.241 e. The summed E-state index contributed by atoms with van der Waals surface area (Å²) in [6.07, 6.45) is 1.63. The molecule has 1 N–H and O–H groups in total. The zero-order valence-electron chi connectivity index (χ0n) is 11.3. The van der Waals surface area contributed by atoms with Crippen LogP contribution in [0.1, 0.15) is 18.7 Å². The molecule has 0 aliphatic carbocycles. The van der Waals surface area contributed by atoms with Gasteiger partial charge in [-0.15, -0.1) is 0 Å². The van der Waals surface area contributed by atoms with E-state index in [2.05, 4.69) is 9.71 Å². The Morgan fingerprint density at radius 3 is 2.76 bits per heavy atom. The minimum atomic E-state index is -3.65. The van der Waals surface area contributed by atoms with Crippen molar-refractivity contribution in [1.82, 2.24) is 9.71 Å². The van der Waals surface area contributed by atoms with Gasteiger partial charge < -0.3 is 9.47 Å². The third-order valence-electron chi connectivity index (χ3n) is 3.12. The summed E-state index contributed by atoms with van der Waals surface area (Å²) in [6.45, 7) is 1.85. The van der Waals surface area contributed by atoms with Gasteiger partial charge in [-0.2, -0.15) is 0 Å². The van der Waals surface area contributed by atoms with Crippen molar-refractivity contribution >= 4 is 10.0 Å². The molecule has 2 aromatic rings. The summed E-state index contributed by atoms with van der Waals surface area (Å²) in [4.78, 5) is 4.28. The first kappa shape index (κ1) is 13.8. The summed E-state index contributed by atoms with van der Waals surface area (Å²) in [6, 6.07) is 9.46. The topological polar surface area (TPSA) is 77.5 Å². The fourth-order valence-corrected chi connectivity index (χ4v) is 3.27. The van der Waals surface area contributed by atoms with Gasteiger partial charge in [-0.05, 0) is 31.2 Å². The molecule has 1 aliphatic rings. The number of rotatable bonds is 4. The van der Waals surface area contributed by atoms with Crippen LogP contribution in [0.15, 0.2) is 47.5 Å². The van der Waals surface area contributed by atoms with Crippen molar-refractivity contribution in [2.45, 2.75) is 17.9 Å². The molecule has 1 aromatic heterocycles. The van der Waals surface area contributed by atoms with Gasteiger partial charge in [-0.1, -0.05) is 6.07 Å². The van der Waals surface area contributed by atoms with E-state index in [0.717, 1.165) is 0 Å². The van der Waals surface area contributed by atoms with E-state index in [0.29, 0.717) is 17.2 Å². The second kappa shape index (κ2) is 5.34. The van der Waals surface area contributed by atoms with Gasteiger partial charge in [0.2, 0.25) is 16.8 Å². The van der Waals surface area contributed by atoms with Crippen molar-refractivity contribution in [1.29, 1.82) is 0 Å². The van der Waals surface area contributed by atoms with Crippen LogP contribution in [-0.4, -0.2) is 20.2 Å². The first-order chi connectivity index (χ1) is 10.1. The predicted molar refractivity (Wildman–Crippen MR) is 75.5 cm³/mol. The van der Waals surface area contributed by atoms with Crippen LogP contribution in [0.4, 0.5) is 0 Å². The van der Waals surface area contributed by atoms with E-state index in [9.17, 15) is 8.42 Å². The molecular formula is C14H14N2O4S. The van der Waals surface area contributed by atoms with Crippen LogP contribution < -0.4 is 14.2 Å². The SMILES string of the molecule is CC(NS(=O)(=O)c1ccc2c(c1)OCO2)c1ccccn1. The zero-order chi connectivity index (χ0) is 14.9. The monoisotopic (exact) mass is 306 g/mol. The molecule has 0 radical (unpaired) electrons. The highest BCUT2D eigenvalue weighted by molar-refractivity contribution is 7.89. The number of nitrogens with zero attached hydrogens (tertiary/aromatic N) is 1. The lowest BCUT2D eigenvalue weighted by molar-refractivity contribution is 0.174. The minimum absolute atomic E-state index is 0.108. The molecule has 6 nitrogen and oxygen atoms in total. The largest absolute Gasteiger partial charge is 0.454 e. The second-order valence-electron chi connectivity index (χ2n) is 4.61. The highest BCUT2D eigenvalue weighted by atomic mass is 32.2. The van der Waals surface area contributed by atoms with Gasteiger partial charge in [-0.3, -0.25) is 4.98 Å². The summed E-state index contributed by atoms with van der Waals surface area (Å²) in [5.74, 6) is 0.982. The molecule has 1 atom stereocenters. The third kappa shape index (κ3) is 2.84. The van der Waals surface area contributed by atoms with E-state index < -0.39 is 16.1 Å². The summed E-state index contributed by atoms with van der Waals surface area (Å²) >= 11 is 0. The van der Waals surface area contributed by atoms with Gasteiger partial charge in [0.15, 0.2) is 11.5 Å². The van der Waals surface area contributed by atoms with E-state index in [1.54, 1.807) is 31.3 Å². The van der Waals surface area contributed by atoms with Crippen molar-refractivity contribution in [3.63, 3.8) is 0 Å². The lowest BCUT2D eigenvalue weighted by Gasteiger charge is -2.14. The Bertz CT molecular complexity index is 747. The van der Waals surface area contributed by atoms with Crippen LogP contribution in [0.3, 0.4) is 0 Å². The molecule has 7 heteroatoms. The zero-order valence-corrected chi connectivity index (χ0v) is 12.1. The number of pyridine rings is 1. The van der Waals surface area contributed by atoms with Crippen LogP contribution in [0.2, 0.25) is 0 Å². The van der Waals surface area contributed by atoms with E-state index in [4.69, 9.17) is 9.47 Å². The molecule has 0 saturated carbocycles. The van der Waals surface area contributed by atoms with Gasteiger partial charge in [-0.25, -0.2) is 13.1 Å². The van der Waals surface area contributed by atoms with Crippen molar-refractivity contribution in [3.8, 4) is 11.5 Å². The first-order valence-electron chi connectivity index (χ1n) is 6.39. The highest BCUT2D eigenvalue weighted by Crippen LogP contribution is 2.34. The summed E-state index contributed by atoms with van der Waals surface area (Å²) in [7, 11) is -3.65. The maximum atomic E-state index is 12.4. The lowest BCUT2D eigenvalue weighted by atomic mass is 10.2. The fourth-order valence-electron chi connectivity index (χ4n) is 2.04. The first-order valence-corrected chi connectivity index (χ1v) is 7.87. The molecule has 0 fully saturated rings. The minimum Gasteiger partial charge on any atom is -0.454 e. The average Bonchev–Trinajstić information content (AvgIpc) is 2.95. The Labute approximate surface area is 122 Å². The number of sulfonamides is 1. The molecule has 110 valence electrons. The van der Waals surface area contributed by atoms with Crippen LogP contribution in [-0.2, 0) is 10.0 Å². The summed E-state index contributed by atoms with van der Waals surface area (Å²) in [5, 5.41) is 0. The van der Waals surface area contributed by atoms with Crippen LogP contribution in [0, 0.1) is 0 Å². The molecule has 0 bridgehead atoms. The molecule has 3 rings (SSSR count). The number of fused-ring (bicyclic) bond motifs is 1. The summed E-state index contributed by atoms with van der Waals surface area (Å²) < 4.78 is 37.7. The molecule has 1 aliphatic heterocycles. The van der Waals surface area contributed by atoms with E-state index in [1.807, 2.05) is 6.07 Å². The number of aromatic nitrogens is 1. The van der Waals surface area contributed by atoms with Gasteiger partial charge in [0.05, 0.1) is 16.6 Å². The quantitative estimate of drug-likeness (QED) is 0.932. The maximum absolute atomic E-state index is 12.4. The molecule has 2 heterocycles. The van der Waals surface area contributed by atoms with Gasteiger partial charge in [0, 0.05) is 12.3 Å². The Morgan fingerprint density at radius 2 is 2.00 bits per heavy atom. The molecule has 21 heavy (non-hydrogen) atoms. The van der Waals surface area contributed by atoms with Crippen LogP contribution in [0.25, 0.3) is 0 Å². The Morgan fingerprint density at radius 1 is 1.19 bits per heavy atom. The molecule has 0 spiro atoms. The Kier molecular flexibility index (Phi) is 3.52. The molecule has 0 amide bonds. The van der Waals surface area contributed by atoms with Crippen LogP contribution in [0.5, 0.6) is 11.5 Å². The van der Waals surface area contributed by atoms with Gasteiger partial charge in [0.1, 0.15) is 0 Å². The molecular weight excluding hydrogens is 292 g/mol. The Balaban J connectivity index is 1.84. The van der Waals surface area contributed by atoms with Crippen molar-refractivity contribution < 1.29 is 17.9 Å².